The summed E-state index contributed by atoms with van der Waals surface area (Å²) in [6.07, 6.45) is -3.58. The van der Waals surface area contributed by atoms with Gasteiger partial charge in [0.2, 0.25) is 11.8 Å². The lowest BCUT2D eigenvalue weighted by molar-refractivity contribution is -0.274. The fourth-order valence-electron chi connectivity index (χ4n) is 3.86. The second-order valence-corrected chi connectivity index (χ2v) is 7.22. The van der Waals surface area contributed by atoms with Crippen LogP contribution in [0.3, 0.4) is 0 Å². The van der Waals surface area contributed by atoms with Gasteiger partial charge in [-0.15, -0.1) is 13.2 Å². The molecule has 1 unspecified atom stereocenters. The monoisotopic (exact) mass is 433 g/mol. The highest BCUT2D eigenvalue weighted by molar-refractivity contribution is 6.13. The Morgan fingerprint density at radius 2 is 1.81 bits per heavy atom. The molecule has 1 atom stereocenters. The lowest BCUT2D eigenvalue weighted by Crippen LogP contribution is -2.47. The van der Waals surface area contributed by atoms with Gasteiger partial charge in [-0.2, -0.15) is 0 Å². The molecule has 7 nitrogen and oxygen atoms in total. The maximum absolute atomic E-state index is 13.1. The van der Waals surface area contributed by atoms with Crippen molar-refractivity contribution in [3.8, 4) is 5.75 Å². The van der Waals surface area contributed by atoms with E-state index in [-0.39, 0.29) is 24.0 Å². The zero-order valence-electron chi connectivity index (χ0n) is 16.2. The molecule has 31 heavy (non-hydrogen) atoms. The first-order chi connectivity index (χ1) is 14.7. The van der Waals surface area contributed by atoms with Crippen LogP contribution in [-0.4, -0.2) is 48.1 Å². The van der Waals surface area contributed by atoms with Crippen molar-refractivity contribution < 1.29 is 32.3 Å². The molecule has 2 aliphatic rings. The molecular weight excluding hydrogens is 415 g/mol. The van der Waals surface area contributed by atoms with Crippen LogP contribution in [0.15, 0.2) is 48.5 Å². The normalized spacial score (nSPS) is 18.4. The van der Waals surface area contributed by atoms with E-state index in [2.05, 4.69) is 10.1 Å². The number of nitrogens with one attached hydrogen (secondary N) is 1. The third-order valence-corrected chi connectivity index (χ3v) is 5.16. The third kappa shape index (κ3) is 4.32. The second-order valence-electron chi connectivity index (χ2n) is 7.22. The van der Waals surface area contributed by atoms with Gasteiger partial charge in [-0.25, -0.2) is 0 Å². The van der Waals surface area contributed by atoms with Crippen molar-refractivity contribution in [1.29, 1.82) is 0 Å². The van der Waals surface area contributed by atoms with E-state index in [9.17, 15) is 27.6 Å². The molecule has 1 N–H and O–H groups in total. The molecule has 0 aromatic heterocycles. The van der Waals surface area contributed by atoms with E-state index in [0.717, 1.165) is 12.1 Å². The number of hydrogen-bond acceptors (Lipinski definition) is 4. The van der Waals surface area contributed by atoms with Crippen LogP contribution in [0.25, 0.3) is 0 Å². The highest BCUT2D eigenvalue weighted by Gasteiger charge is 2.42. The number of anilines is 2. The van der Waals surface area contributed by atoms with Gasteiger partial charge in [0.05, 0.1) is 11.3 Å². The molecule has 0 radical (unpaired) electrons. The Hall–Kier alpha value is -3.56. The van der Waals surface area contributed by atoms with Gasteiger partial charge in [-0.1, -0.05) is 12.1 Å². The fraction of sp³-hybridized carbons (Fsp3) is 0.286. The van der Waals surface area contributed by atoms with E-state index < -0.39 is 24.1 Å². The summed E-state index contributed by atoms with van der Waals surface area (Å²) < 4.78 is 40.6. The fourth-order valence-corrected chi connectivity index (χ4v) is 3.86. The summed E-state index contributed by atoms with van der Waals surface area (Å²) in [5.74, 6) is -1.54. The first kappa shape index (κ1) is 20.7. The largest absolute Gasteiger partial charge is 0.573 e. The number of fused-ring (bicyclic) bond motifs is 2. The van der Waals surface area contributed by atoms with Crippen LogP contribution in [0, 0.1) is 0 Å². The van der Waals surface area contributed by atoms with Crippen LogP contribution in [0.4, 0.5) is 24.5 Å². The number of halogens is 3. The average Bonchev–Trinajstić information content (AvgIpc) is 3.19. The first-order valence-electron chi connectivity index (χ1n) is 9.60. The summed E-state index contributed by atoms with van der Waals surface area (Å²) in [4.78, 5) is 41.5. The minimum atomic E-state index is -4.81. The van der Waals surface area contributed by atoms with Crippen molar-refractivity contribution in [3.63, 3.8) is 0 Å². The summed E-state index contributed by atoms with van der Waals surface area (Å²) in [6.45, 7) is 0.143. The number of amides is 3. The molecule has 1 saturated heterocycles. The number of nitrogens with zero attached hydrogens (tertiary/aromatic N) is 2. The molecule has 2 aliphatic heterocycles. The standard InChI is InChI=1S/C21H18F3N3O4/c22-21(23,24)31-14-9-7-13(8-10-14)25-18(28)12-27-16-5-2-1-4-15(16)19(29)26-11-3-6-17(26)20(27)30/h1-2,4-5,7-10,17H,3,6,11-12H2,(H,25,28). The van der Waals surface area contributed by atoms with Gasteiger partial charge in [0.25, 0.3) is 5.91 Å². The first-order valence-corrected chi connectivity index (χ1v) is 9.60. The molecule has 0 saturated carbocycles. The van der Waals surface area contributed by atoms with E-state index >= 15 is 0 Å². The molecule has 10 heteroatoms. The van der Waals surface area contributed by atoms with Gasteiger partial charge < -0.3 is 19.9 Å². The van der Waals surface area contributed by atoms with Crippen molar-refractivity contribution in [1.82, 2.24) is 4.90 Å². The van der Waals surface area contributed by atoms with Gasteiger partial charge in [-0.3, -0.25) is 14.4 Å². The Morgan fingerprint density at radius 1 is 1.10 bits per heavy atom. The minimum absolute atomic E-state index is 0.241. The van der Waals surface area contributed by atoms with Crippen molar-refractivity contribution >= 4 is 29.1 Å². The molecular formula is C21H18F3N3O4. The van der Waals surface area contributed by atoms with E-state index in [1.165, 1.54) is 17.0 Å². The van der Waals surface area contributed by atoms with Crippen molar-refractivity contribution in [2.24, 2.45) is 0 Å². The highest BCUT2D eigenvalue weighted by Crippen LogP contribution is 2.32. The molecule has 2 heterocycles. The van der Waals surface area contributed by atoms with Crippen LogP contribution in [0.1, 0.15) is 23.2 Å². The van der Waals surface area contributed by atoms with Gasteiger partial charge in [0.1, 0.15) is 18.3 Å². The number of alkyl halides is 3. The summed E-state index contributed by atoms with van der Waals surface area (Å²) in [5, 5.41) is 2.55. The molecule has 0 bridgehead atoms. The molecule has 162 valence electrons. The number of para-hydroxylation sites is 1. The van der Waals surface area contributed by atoms with Gasteiger partial charge >= 0.3 is 6.36 Å². The zero-order chi connectivity index (χ0) is 22.2. The number of ether oxygens (including phenoxy) is 1. The summed E-state index contributed by atoms with van der Waals surface area (Å²) in [7, 11) is 0. The smallest absolute Gasteiger partial charge is 0.406 e. The second kappa shape index (κ2) is 7.93. The zero-order valence-corrected chi connectivity index (χ0v) is 16.2. The predicted octanol–water partition coefficient (Wildman–Crippen LogP) is 3.18. The lowest BCUT2D eigenvalue weighted by Gasteiger charge is -2.25. The summed E-state index contributed by atoms with van der Waals surface area (Å²) in [5.41, 5.74) is 0.950. The highest BCUT2D eigenvalue weighted by atomic mass is 19.4. The molecule has 2 aromatic rings. The third-order valence-electron chi connectivity index (χ3n) is 5.16. The minimum Gasteiger partial charge on any atom is -0.406 e. The Kier molecular flexibility index (Phi) is 5.30. The van der Waals surface area contributed by atoms with Gasteiger partial charge in [0, 0.05) is 12.2 Å². The molecule has 1 fully saturated rings. The lowest BCUT2D eigenvalue weighted by atomic mass is 10.1. The number of carbonyl (C=O) groups excluding carboxylic acids is 3. The van der Waals surface area contributed by atoms with Crippen molar-refractivity contribution in [2.45, 2.75) is 25.2 Å². The molecule has 2 aromatic carbocycles. The Balaban J connectivity index is 1.52. The Bertz CT molecular complexity index is 1020. The van der Waals surface area contributed by atoms with E-state index in [0.29, 0.717) is 30.6 Å². The summed E-state index contributed by atoms with van der Waals surface area (Å²) in [6, 6.07) is 10.7. The topological polar surface area (TPSA) is 79.0 Å². The van der Waals surface area contributed by atoms with Crippen LogP contribution in [-0.2, 0) is 9.59 Å². The van der Waals surface area contributed by atoms with Crippen LogP contribution >= 0.6 is 0 Å². The predicted molar refractivity (Wildman–Crippen MR) is 105 cm³/mol. The number of benzene rings is 2. The number of carbonyl (C=O) groups is 3. The van der Waals surface area contributed by atoms with Crippen LogP contribution < -0.4 is 15.0 Å². The van der Waals surface area contributed by atoms with E-state index in [4.69, 9.17) is 0 Å². The number of hydrogen-bond donors (Lipinski definition) is 1. The average molecular weight is 433 g/mol. The maximum Gasteiger partial charge on any atom is 0.573 e. The van der Waals surface area contributed by atoms with Crippen LogP contribution in [0.2, 0.25) is 0 Å². The van der Waals surface area contributed by atoms with Crippen molar-refractivity contribution in [3.05, 3.63) is 54.1 Å². The maximum atomic E-state index is 13.1. The molecule has 0 aliphatic carbocycles. The van der Waals surface area contributed by atoms with E-state index in [1.807, 2.05) is 0 Å². The van der Waals surface area contributed by atoms with E-state index in [1.54, 1.807) is 29.2 Å². The summed E-state index contributed by atoms with van der Waals surface area (Å²) >= 11 is 0. The quantitative estimate of drug-likeness (QED) is 0.804. The molecule has 4 rings (SSSR count). The van der Waals surface area contributed by atoms with Crippen molar-refractivity contribution in [2.75, 3.05) is 23.3 Å². The Morgan fingerprint density at radius 3 is 2.52 bits per heavy atom. The van der Waals surface area contributed by atoms with Crippen LogP contribution in [0.5, 0.6) is 5.75 Å². The Labute approximate surface area is 175 Å². The molecule has 0 spiro atoms. The van der Waals surface area contributed by atoms with Gasteiger partial charge in [-0.05, 0) is 49.2 Å². The van der Waals surface area contributed by atoms with Gasteiger partial charge in [0.15, 0.2) is 0 Å². The SMILES string of the molecule is O=C(CN1C(=O)C2CCCN2C(=O)c2ccccc21)Nc1ccc(OC(F)(F)F)cc1. The number of rotatable bonds is 4. The molecule has 3 amide bonds.